The summed E-state index contributed by atoms with van der Waals surface area (Å²) in [5.74, 6) is 1.45. The summed E-state index contributed by atoms with van der Waals surface area (Å²) in [6.45, 7) is 4.82. The zero-order chi connectivity index (χ0) is 20.8. The van der Waals surface area contributed by atoms with E-state index in [-0.39, 0.29) is 11.6 Å². The maximum atomic E-state index is 12.5. The molecule has 2 aromatic carbocycles. The second-order valence-corrected chi connectivity index (χ2v) is 6.38. The number of nitrogens with one attached hydrogen (secondary N) is 1. The highest BCUT2D eigenvalue weighted by Gasteiger charge is 2.14. The summed E-state index contributed by atoms with van der Waals surface area (Å²) in [4.78, 5) is 14.6. The minimum atomic E-state index is -0.352. The fourth-order valence-electron chi connectivity index (χ4n) is 2.97. The number of ether oxygens (including phenoxy) is 2. The SMILES string of the molecule is CCN(c1cccc(C)c1)c1ccc(C(=O)Nc2ccc(OC)c(OC)c2)nn1. The fourth-order valence-corrected chi connectivity index (χ4v) is 2.97. The summed E-state index contributed by atoms with van der Waals surface area (Å²) in [5, 5.41) is 11.2. The normalized spacial score (nSPS) is 10.3. The molecule has 0 aliphatic heterocycles. The summed E-state index contributed by atoms with van der Waals surface area (Å²) in [6.07, 6.45) is 0. The summed E-state index contributed by atoms with van der Waals surface area (Å²) < 4.78 is 10.5. The Morgan fingerprint density at radius 2 is 1.79 bits per heavy atom. The van der Waals surface area contributed by atoms with Gasteiger partial charge in [-0.3, -0.25) is 4.79 Å². The van der Waals surface area contributed by atoms with Gasteiger partial charge in [-0.2, -0.15) is 0 Å². The molecule has 0 saturated heterocycles. The summed E-state index contributed by atoms with van der Waals surface area (Å²) in [6, 6.07) is 16.8. The van der Waals surface area contributed by atoms with Crippen molar-refractivity contribution >= 4 is 23.1 Å². The molecule has 3 aromatic rings. The van der Waals surface area contributed by atoms with Crippen LogP contribution in [0.5, 0.6) is 11.5 Å². The van der Waals surface area contributed by atoms with E-state index < -0.39 is 0 Å². The van der Waals surface area contributed by atoms with Gasteiger partial charge in [-0.1, -0.05) is 12.1 Å². The third-order valence-corrected chi connectivity index (χ3v) is 4.43. The van der Waals surface area contributed by atoms with Gasteiger partial charge in [0, 0.05) is 24.0 Å². The van der Waals surface area contributed by atoms with E-state index in [4.69, 9.17) is 9.47 Å². The van der Waals surface area contributed by atoms with E-state index in [0.29, 0.717) is 23.0 Å². The number of hydrogen-bond donors (Lipinski definition) is 1. The zero-order valence-electron chi connectivity index (χ0n) is 17.0. The Kier molecular flexibility index (Phi) is 6.29. The molecule has 0 atom stereocenters. The van der Waals surface area contributed by atoms with E-state index in [1.807, 2.05) is 36.9 Å². The van der Waals surface area contributed by atoms with Crippen LogP contribution in [0.25, 0.3) is 0 Å². The average Bonchev–Trinajstić information content (AvgIpc) is 2.74. The molecule has 0 spiro atoms. The molecule has 1 amide bonds. The largest absolute Gasteiger partial charge is 0.493 e. The van der Waals surface area contributed by atoms with Gasteiger partial charge in [0.25, 0.3) is 5.91 Å². The van der Waals surface area contributed by atoms with Crippen LogP contribution in [0, 0.1) is 6.92 Å². The van der Waals surface area contributed by atoms with E-state index in [9.17, 15) is 4.79 Å². The lowest BCUT2D eigenvalue weighted by atomic mass is 10.2. The monoisotopic (exact) mass is 392 g/mol. The Bertz CT molecular complexity index is 990. The Morgan fingerprint density at radius 3 is 2.41 bits per heavy atom. The Hall–Kier alpha value is -3.61. The first-order valence-electron chi connectivity index (χ1n) is 9.27. The molecular formula is C22H24N4O3. The van der Waals surface area contributed by atoms with Gasteiger partial charge in [-0.15, -0.1) is 10.2 Å². The highest BCUT2D eigenvalue weighted by molar-refractivity contribution is 6.03. The number of anilines is 3. The minimum Gasteiger partial charge on any atom is -0.493 e. The number of nitrogens with zero attached hydrogens (tertiary/aromatic N) is 3. The van der Waals surface area contributed by atoms with Gasteiger partial charge in [0.2, 0.25) is 0 Å². The van der Waals surface area contributed by atoms with Gasteiger partial charge in [0.05, 0.1) is 14.2 Å². The second-order valence-electron chi connectivity index (χ2n) is 6.38. The fraction of sp³-hybridized carbons (Fsp3) is 0.227. The van der Waals surface area contributed by atoms with Gasteiger partial charge < -0.3 is 19.7 Å². The molecule has 1 aromatic heterocycles. The van der Waals surface area contributed by atoms with Gasteiger partial charge in [0.1, 0.15) is 0 Å². The summed E-state index contributed by atoms with van der Waals surface area (Å²) in [7, 11) is 3.10. The predicted molar refractivity (Wildman–Crippen MR) is 113 cm³/mol. The van der Waals surface area contributed by atoms with Crippen molar-refractivity contribution in [3.63, 3.8) is 0 Å². The number of carbonyl (C=O) groups is 1. The van der Waals surface area contributed by atoms with Crippen molar-refractivity contribution in [2.75, 3.05) is 31.0 Å². The molecule has 0 fully saturated rings. The van der Waals surface area contributed by atoms with Crippen molar-refractivity contribution in [2.45, 2.75) is 13.8 Å². The van der Waals surface area contributed by atoms with Crippen molar-refractivity contribution in [1.82, 2.24) is 10.2 Å². The van der Waals surface area contributed by atoms with Crippen LogP contribution in [0.3, 0.4) is 0 Å². The van der Waals surface area contributed by atoms with Crippen molar-refractivity contribution in [2.24, 2.45) is 0 Å². The Labute approximate surface area is 170 Å². The molecule has 3 rings (SSSR count). The molecule has 0 saturated carbocycles. The van der Waals surface area contributed by atoms with Crippen LogP contribution >= 0.6 is 0 Å². The van der Waals surface area contributed by atoms with Gasteiger partial charge in [0.15, 0.2) is 23.0 Å². The van der Waals surface area contributed by atoms with E-state index in [0.717, 1.165) is 12.2 Å². The number of aromatic nitrogens is 2. The topological polar surface area (TPSA) is 76.6 Å². The van der Waals surface area contributed by atoms with Crippen LogP contribution in [0.15, 0.2) is 54.6 Å². The molecule has 29 heavy (non-hydrogen) atoms. The third kappa shape index (κ3) is 4.63. The molecule has 1 heterocycles. The molecule has 7 nitrogen and oxygen atoms in total. The molecule has 150 valence electrons. The van der Waals surface area contributed by atoms with E-state index in [1.165, 1.54) is 5.56 Å². The molecule has 7 heteroatoms. The van der Waals surface area contributed by atoms with Crippen molar-refractivity contribution in [3.8, 4) is 11.5 Å². The van der Waals surface area contributed by atoms with Gasteiger partial charge in [-0.25, -0.2) is 0 Å². The molecular weight excluding hydrogens is 368 g/mol. The summed E-state index contributed by atoms with van der Waals surface area (Å²) in [5.41, 5.74) is 3.00. The molecule has 0 radical (unpaired) electrons. The number of carbonyl (C=O) groups excluding carboxylic acids is 1. The lowest BCUT2D eigenvalue weighted by molar-refractivity contribution is 0.102. The maximum absolute atomic E-state index is 12.5. The number of amides is 1. The number of aryl methyl sites for hydroxylation is 1. The predicted octanol–water partition coefficient (Wildman–Crippen LogP) is 4.21. The zero-order valence-corrected chi connectivity index (χ0v) is 17.0. The quantitative estimate of drug-likeness (QED) is 0.649. The van der Waals surface area contributed by atoms with E-state index in [2.05, 4.69) is 21.6 Å². The number of hydrogen-bond acceptors (Lipinski definition) is 6. The minimum absolute atomic E-state index is 0.226. The third-order valence-electron chi connectivity index (χ3n) is 4.43. The molecule has 0 bridgehead atoms. The highest BCUT2D eigenvalue weighted by Crippen LogP contribution is 2.30. The highest BCUT2D eigenvalue weighted by atomic mass is 16.5. The van der Waals surface area contributed by atoms with E-state index >= 15 is 0 Å². The maximum Gasteiger partial charge on any atom is 0.276 e. The van der Waals surface area contributed by atoms with Gasteiger partial charge >= 0.3 is 0 Å². The van der Waals surface area contributed by atoms with Crippen molar-refractivity contribution < 1.29 is 14.3 Å². The first-order chi connectivity index (χ1) is 14.0. The summed E-state index contributed by atoms with van der Waals surface area (Å²) >= 11 is 0. The average molecular weight is 392 g/mol. The number of rotatable bonds is 7. The lowest BCUT2D eigenvalue weighted by Crippen LogP contribution is -2.20. The smallest absolute Gasteiger partial charge is 0.276 e. The number of methoxy groups -OCH3 is 2. The van der Waals surface area contributed by atoms with Crippen LogP contribution in [-0.2, 0) is 0 Å². The Morgan fingerprint density at radius 1 is 1.00 bits per heavy atom. The van der Waals surface area contributed by atoms with Crippen LogP contribution in [0.4, 0.5) is 17.2 Å². The first-order valence-corrected chi connectivity index (χ1v) is 9.27. The Balaban J connectivity index is 1.76. The van der Waals surface area contributed by atoms with Crippen molar-refractivity contribution in [1.29, 1.82) is 0 Å². The molecule has 0 aliphatic carbocycles. The standard InChI is InChI=1S/C22H24N4O3/c1-5-26(17-8-6-7-15(2)13-17)21-12-10-18(24-25-21)22(27)23-16-9-11-19(28-3)20(14-16)29-4/h6-14H,5H2,1-4H3,(H,23,27). The second kappa shape index (κ2) is 9.05. The van der Waals surface area contributed by atoms with Crippen LogP contribution in [0.1, 0.15) is 23.0 Å². The van der Waals surface area contributed by atoms with Gasteiger partial charge in [-0.05, 0) is 55.8 Å². The van der Waals surface area contributed by atoms with Crippen LogP contribution in [0.2, 0.25) is 0 Å². The van der Waals surface area contributed by atoms with E-state index in [1.54, 1.807) is 44.6 Å². The molecule has 0 aliphatic rings. The first kappa shape index (κ1) is 20.1. The van der Waals surface area contributed by atoms with Crippen molar-refractivity contribution in [3.05, 3.63) is 65.9 Å². The van der Waals surface area contributed by atoms with Crippen LogP contribution < -0.4 is 19.7 Å². The lowest BCUT2D eigenvalue weighted by Gasteiger charge is -2.22. The molecule has 0 unspecified atom stereocenters. The molecule has 1 N–H and O–H groups in total. The number of benzene rings is 2. The van der Waals surface area contributed by atoms with Crippen LogP contribution in [-0.4, -0.2) is 36.9 Å².